The lowest BCUT2D eigenvalue weighted by molar-refractivity contribution is -0.385. The zero-order chi connectivity index (χ0) is 13.8. The third-order valence-electron chi connectivity index (χ3n) is 2.35. The molecule has 5 nitrogen and oxygen atoms in total. The van der Waals surface area contributed by atoms with Crippen molar-refractivity contribution in [3.63, 3.8) is 0 Å². The molecule has 0 aliphatic rings. The van der Waals surface area contributed by atoms with Gasteiger partial charge in [0.1, 0.15) is 23.1 Å². The molecule has 0 heterocycles. The van der Waals surface area contributed by atoms with Gasteiger partial charge < -0.3 is 4.74 Å². The van der Waals surface area contributed by atoms with Gasteiger partial charge in [0.15, 0.2) is 0 Å². The third-order valence-corrected chi connectivity index (χ3v) is 3.24. The Labute approximate surface area is 122 Å². The van der Waals surface area contributed by atoms with Crippen molar-refractivity contribution in [1.82, 2.24) is 0 Å². The van der Waals surface area contributed by atoms with E-state index in [1.165, 1.54) is 18.2 Å². The van der Waals surface area contributed by atoms with Crippen molar-refractivity contribution >= 4 is 28.3 Å². The average Bonchev–Trinajstić information content (AvgIpc) is 2.41. The number of nitro benzene ring substituents is 1. The van der Waals surface area contributed by atoms with E-state index in [4.69, 9.17) is 10.00 Å². The summed E-state index contributed by atoms with van der Waals surface area (Å²) in [5.41, 5.74) is -0.244. The molecule has 0 bridgehead atoms. The summed E-state index contributed by atoms with van der Waals surface area (Å²) in [4.78, 5) is 10.3. The Morgan fingerprint density at radius 1 is 1.26 bits per heavy atom. The number of hydrogen-bond donors (Lipinski definition) is 0. The van der Waals surface area contributed by atoms with Gasteiger partial charge in [0, 0.05) is 0 Å². The molecule has 0 amide bonds. The van der Waals surface area contributed by atoms with Crippen LogP contribution in [0.15, 0.2) is 42.5 Å². The van der Waals surface area contributed by atoms with Gasteiger partial charge in [-0.15, -0.1) is 0 Å². The summed E-state index contributed by atoms with van der Waals surface area (Å²) in [7, 11) is 0. The Morgan fingerprint density at radius 3 is 2.63 bits per heavy atom. The van der Waals surface area contributed by atoms with Gasteiger partial charge in [-0.1, -0.05) is 12.1 Å². The molecule has 0 radical (unpaired) electrons. The summed E-state index contributed by atoms with van der Waals surface area (Å²) in [6.07, 6.45) is 0. The maximum Gasteiger partial charge on any atom is 0.290 e. The van der Waals surface area contributed by atoms with Crippen LogP contribution in [0.4, 0.5) is 5.69 Å². The van der Waals surface area contributed by atoms with E-state index in [2.05, 4.69) is 22.6 Å². The highest BCUT2D eigenvalue weighted by atomic mass is 127. The molecule has 0 spiro atoms. The molecule has 0 atom stereocenters. The number of nitriles is 1. The van der Waals surface area contributed by atoms with E-state index in [0.29, 0.717) is 11.5 Å². The summed E-state index contributed by atoms with van der Waals surface area (Å²) in [6, 6.07) is 13.3. The molecule has 0 saturated heterocycles. The van der Waals surface area contributed by atoms with Crippen molar-refractivity contribution in [3.8, 4) is 17.6 Å². The van der Waals surface area contributed by atoms with E-state index in [9.17, 15) is 10.1 Å². The molecule has 0 saturated carbocycles. The first kappa shape index (κ1) is 13.3. The van der Waals surface area contributed by atoms with Crippen LogP contribution in [0, 0.1) is 25.0 Å². The van der Waals surface area contributed by atoms with Crippen LogP contribution in [-0.4, -0.2) is 4.92 Å². The summed E-state index contributed by atoms with van der Waals surface area (Å²) in [5.74, 6) is 0.942. The zero-order valence-corrected chi connectivity index (χ0v) is 11.7. The molecule has 19 heavy (non-hydrogen) atoms. The Morgan fingerprint density at radius 2 is 2.00 bits per heavy atom. The predicted molar refractivity (Wildman–Crippen MR) is 77.0 cm³/mol. The van der Waals surface area contributed by atoms with Crippen LogP contribution >= 0.6 is 22.6 Å². The smallest absolute Gasteiger partial charge is 0.290 e. The fourth-order valence-electron chi connectivity index (χ4n) is 1.48. The second-order valence-electron chi connectivity index (χ2n) is 3.58. The molecule has 0 aliphatic carbocycles. The molecule has 94 valence electrons. The summed E-state index contributed by atoms with van der Waals surface area (Å²) in [6.45, 7) is 0. The van der Waals surface area contributed by atoms with E-state index in [0.717, 1.165) is 3.57 Å². The molecule has 0 aromatic heterocycles. The number of rotatable bonds is 3. The number of benzene rings is 2. The van der Waals surface area contributed by atoms with Gasteiger partial charge in [-0.3, -0.25) is 10.1 Å². The van der Waals surface area contributed by atoms with Crippen molar-refractivity contribution in [2.45, 2.75) is 0 Å². The Hall–Kier alpha value is -2.14. The monoisotopic (exact) mass is 366 g/mol. The van der Waals surface area contributed by atoms with Gasteiger partial charge in [-0.2, -0.15) is 5.26 Å². The van der Waals surface area contributed by atoms with E-state index < -0.39 is 4.92 Å². The first-order chi connectivity index (χ1) is 9.11. The quantitative estimate of drug-likeness (QED) is 0.470. The maximum atomic E-state index is 10.8. The van der Waals surface area contributed by atoms with Crippen molar-refractivity contribution in [2.24, 2.45) is 0 Å². The number of nitro groups is 1. The van der Waals surface area contributed by atoms with Crippen LogP contribution in [-0.2, 0) is 0 Å². The van der Waals surface area contributed by atoms with Gasteiger partial charge in [0.25, 0.3) is 5.69 Å². The van der Waals surface area contributed by atoms with Crippen molar-refractivity contribution < 1.29 is 9.66 Å². The normalized spacial score (nSPS) is 9.68. The number of nitrogens with zero attached hydrogens (tertiary/aromatic N) is 2. The van der Waals surface area contributed by atoms with Crippen LogP contribution in [0.25, 0.3) is 0 Å². The highest BCUT2D eigenvalue weighted by molar-refractivity contribution is 14.1. The van der Waals surface area contributed by atoms with E-state index in [-0.39, 0.29) is 11.3 Å². The molecule has 0 fully saturated rings. The molecule has 0 N–H and O–H groups in total. The van der Waals surface area contributed by atoms with Crippen molar-refractivity contribution in [3.05, 3.63) is 61.7 Å². The van der Waals surface area contributed by atoms with Gasteiger partial charge in [0.05, 0.1) is 14.6 Å². The van der Waals surface area contributed by atoms with Gasteiger partial charge in [-0.05, 0) is 46.9 Å². The van der Waals surface area contributed by atoms with Crippen LogP contribution < -0.4 is 4.74 Å². The number of halogens is 1. The first-order valence-corrected chi connectivity index (χ1v) is 6.30. The van der Waals surface area contributed by atoms with Crippen molar-refractivity contribution in [2.75, 3.05) is 0 Å². The lowest BCUT2D eigenvalue weighted by atomic mass is 10.2. The zero-order valence-electron chi connectivity index (χ0n) is 9.54. The number of ether oxygens (including phenoxy) is 1. The fraction of sp³-hybridized carbons (Fsp3) is 0. The second-order valence-corrected chi connectivity index (χ2v) is 4.74. The fourth-order valence-corrected chi connectivity index (χ4v) is 1.97. The Kier molecular flexibility index (Phi) is 3.97. The summed E-state index contributed by atoms with van der Waals surface area (Å²) >= 11 is 2.11. The molecule has 2 rings (SSSR count). The number of para-hydroxylation sites is 1. The Balaban J connectivity index is 2.38. The SMILES string of the molecule is N#Cc1ccc(Oc2ccccc2I)cc1[N+](=O)[O-]. The Bertz CT molecular complexity index is 680. The highest BCUT2D eigenvalue weighted by Crippen LogP contribution is 2.30. The van der Waals surface area contributed by atoms with Gasteiger partial charge in [-0.25, -0.2) is 0 Å². The molecular formula is C13H7IN2O3. The molecule has 0 aliphatic heterocycles. The lowest BCUT2D eigenvalue weighted by Gasteiger charge is -2.07. The van der Waals surface area contributed by atoms with Gasteiger partial charge in [0.2, 0.25) is 0 Å². The molecular weight excluding hydrogens is 359 g/mol. The second kappa shape index (κ2) is 5.67. The van der Waals surface area contributed by atoms with Crippen LogP contribution in [0.3, 0.4) is 0 Å². The highest BCUT2D eigenvalue weighted by Gasteiger charge is 2.15. The summed E-state index contributed by atoms with van der Waals surface area (Å²) in [5, 5.41) is 19.6. The minimum Gasteiger partial charge on any atom is -0.456 e. The lowest BCUT2D eigenvalue weighted by Crippen LogP contribution is -1.94. The first-order valence-electron chi connectivity index (χ1n) is 5.22. The molecule has 6 heteroatoms. The number of hydrogen-bond acceptors (Lipinski definition) is 4. The van der Waals surface area contributed by atoms with E-state index in [1.54, 1.807) is 12.1 Å². The minimum absolute atomic E-state index is 0.0140. The predicted octanol–water partition coefficient (Wildman–Crippen LogP) is 3.86. The van der Waals surface area contributed by atoms with Crippen LogP contribution in [0.2, 0.25) is 0 Å². The van der Waals surface area contributed by atoms with Crippen LogP contribution in [0.1, 0.15) is 5.56 Å². The third kappa shape index (κ3) is 3.00. The molecule has 0 unspecified atom stereocenters. The maximum absolute atomic E-state index is 10.8. The van der Waals surface area contributed by atoms with Gasteiger partial charge >= 0.3 is 0 Å². The molecule has 2 aromatic rings. The topological polar surface area (TPSA) is 76.2 Å². The molecule has 2 aromatic carbocycles. The average molecular weight is 366 g/mol. The van der Waals surface area contributed by atoms with Crippen LogP contribution in [0.5, 0.6) is 11.5 Å². The van der Waals surface area contributed by atoms with E-state index >= 15 is 0 Å². The summed E-state index contributed by atoms with van der Waals surface area (Å²) < 4.78 is 6.47. The minimum atomic E-state index is -0.596. The van der Waals surface area contributed by atoms with E-state index in [1.807, 2.05) is 18.2 Å². The van der Waals surface area contributed by atoms with Crippen molar-refractivity contribution in [1.29, 1.82) is 5.26 Å². The standard InChI is InChI=1S/C13H7IN2O3/c14-11-3-1-2-4-13(11)19-10-6-5-9(8-15)12(7-10)16(17)18/h1-7H. The largest absolute Gasteiger partial charge is 0.456 e.